The first-order chi connectivity index (χ1) is 7.63. The maximum Gasteiger partial charge on any atom is 0.166 e. The van der Waals surface area contributed by atoms with Crippen molar-refractivity contribution in [2.75, 3.05) is 11.9 Å². The van der Waals surface area contributed by atoms with Crippen LogP contribution in [0.3, 0.4) is 0 Å². The molecule has 0 spiro atoms. The molecule has 16 heavy (non-hydrogen) atoms. The van der Waals surface area contributed by atoms with E-state index in [2.05, 4.69) is 38.8 Å². The first-order valence-corrected chi connectivity index (χ1v) is 7.18. The Morgan fingerprint density at radius 1 is 1.38 bits per heavy atom. The van der Waals surface area contributed by atoms with Gasteiger partial charge in [-0.1, -0.05) is 38.8 Å². The van der Waals surface area contributed by atoms with Crippen molar-refractivity contribution in [2.45, 2.75) is 19.8 Å². The number of benzene rings is 1. The van der Waals surface area contributed by atoms with Crippen LogP contribution >= 0.6 is 31.9 Å². The summed E-state index contributed by atoms with van der Waals surface area (Å²) < 4.78 is 19.5. The topological polar surface area (TPSA) is 9.23 Å². The second kappa shape index (κ2) is 7.28. The van der Waals surface area contributed by atoms with Crippen LogP contribution in [-0.2, 0) is 0 Å². The van der Waals surface area contributed by atoms with Gasteiger partial charge in [0.2, 0.25) is 0 Å². The van der Waals surface area contributed by atoms with Crippen molar-refractivity contribution in [1.82, 2.24) is 0 Å². The second-order valence-corrected chi connectivity index (χ2v) is 5.50. The third-order valence-corrected chi connectivity index (χ3v) is 3.32. The van der Waals surface area contributed by atoms with E-state index >= 15 is 0 Å². The van der Waals surface area contributed by atoms with Gasteiger partial charge in [0.15, 0.2) is 11.6 Å². The molecule has 0 N–H and O–H groups in total. The fourth-order valence-corrected chi connectivity index (χ4v) is 2.41. The molecule has 0 fully saturated rings. The van der Waals surface area contributed by atoms with E-state index in [-0.39, 0.29) is 5.82 Å². The molecule has 1 aromatic carbocycles. The van der Waals surface area contributed by atoms with E-state index in [0.29, 0.717) is 18.3 Å². The van der Waals surface area contributed by atoms with Crippen LogP contribution in [0.5, 0.6) is 5.75 Å². The van der Waals surface area contributed by atoms with E-state index in [1.807, 2.05) is 0 Å². The minimum absolute atomic E-state index is 0.317. The predicted molar refractivity (Wildman–Crippen MR) is 71.8 cm³/mol. The Labute approximate surface area is 113 Å². The van der Waals surface area contributed by atoms with Gasteiger partial charge in [0, 0.05) is 9.80 Å². The van der Waals surface area contributed by atoms with Crippen LogP contribution in [0.2, 0.25) is 0 Å². The summed E-state index contributed by atoms with van der Waals surface area (Å²) in [6.07, 6.45) is 2.06. The molecule has 0 aliphatic heterocycles. The summed E-state index contributed by atoms with van der Waals surface area (Å²) in [6.45, 7) is 2.73. The largest absolute Gasteiger partial charge is 0.491 e. The number of hydrogen-bond donors (Lipinski definition) is 0. The number of ether oxygens (including phenoxy) is 1. The maximum absolute atomic E-state index is 13.4. The van der Waals surface area contributed by atoms with Gasteiger partial charge in [-0.25, -0.2) is 4.39 Å². The van der Waals surface area contributed by atoms with Crippen molar-refractivity contribution in [3.8, 4) is 5.75 Å². The van der Waals surface area contributed by atoms with Gasteiger partial charge in [0.1, 0.15) is 0 Å². The first-order valence-electron chi connectivity index (χ1n) is 5.27. The molecule has 90 valence electrons. The molecule has 0 bridgehead atoms. The normalized spacial score (nSPS) is 12.5. The lowest BCUT2D eigenvalue weighted by molar-refractivity contribution is 0.270. The number of halogens is 3. The average molecular weight is 354 g/mol. The molecule has 0 saturated carbocycles. The third kappa shape index (κ3) is 4.83. The molecule has 0 amide bonds. The molecule has 0 saturated heterocycles. The molecule has 0 radical (unpaired) electrons. The van der Waals surface area contributed by atoms with E-state index in [1.54, 1.807) is 12.1 Å². The van der Waals surface area contributed by atoms with Crippen LogP contribution in [-0.4, -0.2) is 11.9 Å². The van der Waals surface area contributed by atoms with E-state index < -0.39 is 0 Å². The zero-order valence-electron chi connectivity index (χ0n) is 9.18. The SMILES string of the molecule is CC(CCBr)CCOc1ccc(Br)cc1F. The van der Waals surface area contributed by atoms with Crippen molar-refractivity contribution < 1.29 is 9.13 Å². The van der Waals surface area contributed by atoms with Gasteiger partial charge in [0.05, 0.1) is 6.61 Å². The minimum atomic E-state index is -0.317. The molecule has 0 aliphatic rings. The second-order valence-electron chi connectivity index (χ2n) is 3.79. The molecular weight excluding hydrogens is 339 g/mol. The fraction of sp³-hybridized carbons (Fsp3) is 0.500. The van der Waals surface area contributed by atoms with Crippen LogP contribution in [0.4, 0.5) is 4.39 Å². The first kappa shape index (κ1) is 14.0. The number of alkyl halides is 1. The van der Waals surface area contributed by atoms with Crippen LogP contribution in [0.25, 0.3) is 0 Å². The summed E-state index contributed by atoms with van der Waals surface area (Å²) in [5, 5.41) is 1.00. The van der Waals surface area contributed by atoms with Gasteiger partial charge in [0.25, 0.3) is 0 Å². The highest BCUT2D eigenvalue weighted by molar-refractivity contribution is 9.10. The highest BCUT2D eigenvalue weighted by atomic mass is 79.9. The lowest BCUT2D eigenvalue weighted by atomic mass is 10.1. The van der Waals surface area contributed by atoms with Gasteiger partial charge >= 0.3 is 0 Å². The smallest absolute Gasteiger partial charge is 0.166 e. The Morgan fingerprint density at radius 2 is 2.12 bits per heavy atom. The lowest BCUT2D eigenvalue weighted by Gasteiger charge is -2.11. The highest BCUT2D eigenvalue weighted by Crippen LogP contribution is 2.22. The average Bonchev–Trinajstić information content (AvgIpc) is 2.22. The monoisotopic (exact) mass is 352 g/mol. The molecule has 0 aromatic heterocycles. The zero-order valence-corrected chi connectivity index (χ0v) is 12.4. The van der Waals surface area contributed by atoms with Gasteiger partial charge < -0.3 is 4.74 Å². The van der Waals surface area contributed by atoms with Crippen molar-refractivity contribution in [1.29, 1.82) is 0 Å². The van der Waals surface area contributed by atoms with Crippen LogP contribution in [0.1, 0.15) is 19.8 Å². The summed E-state index contributed by atoms with van der Waals surface area (Å²) in [4.78, 5) is 0. The molecule has 1 aromatic rings. The quantitative estimate of drug-likeness (QED) is 0.669. The van der Waals surface area contributed by atoms with E-state index in [9.17, 15) is 4.39 Å². The zero-order chi connectivity index (χ0) is 12.0. The van der Waals surface area contributed by atoms with Crippen molar-refractivity contribution >= 4 is 31.9 Å². The summed E-state index contributed by atoms with van der Waals surface area (Å²) >= 11 is 6.61. The fourth-order valence-electron chi connectivity index (χ4n) is 1.29. The molecule has 4 heteroatoms. The standard InChI is InChI=1S/C12H15Br2FO/c1-9(4-6-13)5-7-16-12-3-2-10(14)8-11(12)15/h2-3,8-9H,4-7H2,1H3. The van der Waals surface area contributed by atoms with Gasteiger partial charge in [-0.15, -0.1) is 0 Å². The maximum atomic E-state index is 13.4. The van der Waals surface area contributed by atoms with Crippen LogP contribution < -0.4 is 4.74 Å². The van der Waals surface area contributed by atoms with Crippen molar-refractivity contribution in [2.24, 2.45) is 5.92 Å². The number of hydrogen-bond acceptors (Lipinski definition) is 1. The molecule has 0 heterocycles. The Bertz CT molecular complexity index is 331. The lowest BCUT2D eigenvalue weighted by Crippen LogP contribution is -2.05. The Kier molecular flexibility index (Phi) is 6.36. The molecule has 1 atom stereocenters. The van der Waals surface area contributed by atoms with E-state index in [4.69, 9.17) is 4.74 Å². The predicted octanol–water partition coefficient (Wildman–Crippen LogP) is 4.78. The highest BCUT2D eigenvalue weighted by Gasteiger charge is 2.05. The summed E-state index contributed by atoms with van der Waals surface area (Å²) in [5.41, 5.74) is 0. The Balaban J connectivity index is 2.37. The molecular formula is C12H15Br2FO. The van der Waals surface area contributed by atoms with Gasteiger partial charge in [-0.3, -0.25) is 0 Å². The summed E-state index contributed by atoms with van der Waals surface area (Å²) in [6, 6.07) is 4.84. The summed E-state index contributed by atoms with van der Waals surface area (Å²) in [7, 11) is 0. The Morgan fingerprint density at radius 3 is 2.75 bits per heavy atom. The van der Waals surface area contributed by atoms with Gasteiger partial charge in [-0.05, 0) is 37.0 Å². The van der Waals surface area contributed by atoms with Crippen molar-refractivity contribution in [3.05, 3.63) is 28.5 Å². The summed E-state index contributed by atoms with van der Waals surface area (Å²) in [5.74, 6) is 0.606. The van der Waals surface area contributed by atoms with E-state index in [0.717, 1.165) is 22.6 Å². The number of rotatable bonds is 6. The Hall–Kier alpha value is -0.0900. The molecule has 1 rings (SSSR count). The van der Waals surface area contributed by atoms with Crippen LogP contribution in [0.15, 0.2) is 22.7 Å². The van der Waals surface area contributed by atoms with E-state index in [1.165, 1.54) is 6.07 Å². The third-order valence-electron chi connectivity index (χ3n) is 2.36. The minimum Gasteiger partial charge on any atom is -0.491 e. The van der Waals surface area contributed by atoms with Crippen molar-refractivity contribution in [3.63, 3.8) is 0 Å². The van der Waals surface area contributed by atoms with Crippen LogP contribution in [0, 0.1) is 11.7 Å². The molecule has 0 aliphatic carbocycles. The molecule has 1 nitrogen and oxygen atoms in total. The molecule has 1 unspecified atom stereocenters. The van der Waals surface area contributed by atoms with Gasteiger partial charge in [-0.2, -0.15) is 0 Å².